The third kappa shape index (κ3) is 18.7. The molecule has 17 aromatic rings. The van der Waals surface area contributed by atoms with Crippen molar-refractivity contribution in [1.82, 2.24) is 28.2 Å². The van der Waals surface area contributed by atoms with E-state index >= 15 is 0 Å². The van der Waals surface area contributed by atoms with Crippen LogP contribution in [0.1, 0.15) is 18.4 Å². The van der Waals surface area contributed by atoms with Crippen molar-refractivity contribution in [2.45, 2.75) is 19.8 Å². The fraction of sp³-hybridized carbons (Fsp3) is 0.0706. The summed E-state index contributed by atoms with van der Waals surface area (Å²) in [6.45, 7) is 4.13. The molecule has 0 unspecified atom stereocenters. The monoisotopic (exact) mass is 1510 g/mol. The lowest BCUT2D eigenvalue weighted by atomic mass is 9.79. The molecule has 17 heteroatoms. The second-order valence-corrected chi connectivity index (χ2v) is 26.7. The minimum Gasteiger partial charge on any atom is -0.508 e. The molecule has 1 saturated heterocycles. The summed E-state index contributed by atoms with van der Waals surface area (Å²) in [4.78, 5) is 13.9. The summed E-state index contributed by atoms with van der Waals surface area (Å²) in [7, 11) is -1.45. The molecule has 1 aliphatic heterocycles. The van der Waals surface area contributed by atoms with E-state index in [0.29, 0.717) is 17.0 Å². The number of phenols is 3. The zero-order chi connectivity index (χ0) is 70.9. The van der Waals surface area contributed by atoms with Gasteiger partial charge in [-0.05, 0) is 200 Å². The quantitative estimate of drug-likeness (QED) is 0.0806. The maximum absolute atomic E-state index is 9.60. The highest BCUT2D eigenvalue weighted by Gasteiger charge is 2.12. The van der Waals surface area contributed by atoms with Gasteiger partial charge in [0.1, 0.15) is 34.2 Å². The highest BCUT2D eigenvalue weighted by molar-refractivity contribution is 9.10. The van der Waals surface area contributed by atoms with Crippen molar-refractivity contribution >= 4 is 128 Å². The lowest BCUT2D eigenvalue weighted by molar-refractivity contribution is 0.198. The molecule has 0 amide bonds. The molecule has 5 N–H and O–H groups in total. The SMILES string of the molecule is Brc1ccc(-c2cn3ccccc3n2)cc1.C1CCOC1.Cc1ccc2cc(-c3ccc(-c4cn5ccccc5n4)cc3)ccc2c1.ClCCl.OB(O)c1ccc2cc(O)ccc2c1.Oc1ccc2cc(-c3ccc(-c4cn5ccccc5n4)cc3)ccc2c1.Oc1ccc2cc(Br)ccc2c1. The van der Waals surface area contributed by atoms with Crippen LogP contribution in [0.15, 0.2) is 319 Å². The summed E-state index contributed by atoms with van der Waals surface area (Å²) < 4.78 is 13.2. The van der Waals surface area contributed by atoms with Crippen molar-refractivity contribution in [3.63, 3.8) is 0 Å². The number of halogens is 4. The molecular formula is C85H69BBr2Cl2N6O6. The van der Waals surface area contributed by atoms with E-state index < -0.39 is 7.12 Å². The zero-order valence-corrected chi connectivity index (χ0v) is 60.1. The number of ether oxygens (including phenoxy) is 1. The minimum atomic E-state index is -1.45. The van der Waals surface area contributed by atoms with Gasteiger partial charge < -0.3 is 43.3 Å². The number of fused-ring (bicyclic) bond motifs is 7. The summed E-state index contributed by atoms with van der Waals surface area (Å²) in [6, 6.07) is 89.6. The number of phenolic OH excluding ortho intramolecular Hbond substituents is 3. The number of pyridine rings is 3. The predicted octanol–water partition coefficient (Wildman–Crippen LogP) is 21.2. The van der Waals surface area contributed by atoms with Crippen LogP contribution in [0.3, 0.4) is 0 Å². The average Bonchev–Trinajstić information content (AvgIpc) is 1.14. The number of alkyl halides is 2. The van der Waals surface area contributed by atoms with Crippen molar-refractivity contribution in [2.75, 3.05) is 18.6 Å². The van der Waals surface area contributed by atoms with Gasteiger partial charge in [0.15, 0.2) is 0 Å². The van der Waals surface area contributed by atoms with E-state index in [-0.39, 0.29) is 11.1 Å². The van der Waals surface area contributed by atoms with Gasteiger partial charge >= 0.3 is 7.12 Å². The Morgan fingerprint density at radius 1 is 0.363 bits per heavy atom. The Morgan fingerprint density at radius 3 is 1.09 bits per heavy atom. The lowest BCUT2D eigenvalue weighted by Crippen LogP contribution is -2.29. The first-order valence-corrected chi connectivity index (χ1v) is 35.5. The van der Waals surface area contributed by atoms with Gasteiger partial charge in [0.05, 0.1) is 22.4 Å². The second-order valence-electron chi connectivity index (χ2n) is 24.0. The Morgan fingerprint density at radius 2 is 0.686 bits per heavy atom. The van der Waals surface area contributed by atoms with Crippen LogP contribution in [0.25, 0.3) is 116 Å². The summed E-state index contributed by atoms with van der Waals surface area (Å²) in [5.41, 5.74) is 15.7. The van der Waals surface area contributed by atoms with Crippen LogP contribution >= 0.6 is 55.1 Å². The Balaban J connectivity index is 0.000000120. The fourth-order valence-electron chi connectivity index (χ4n) is 11.6. The molecule has 506 valence electrons. The average molecular weight is 1510 g/mol. The third-order valence-electron chi connectivity index (χ3n) is 16.8. The Hall–Kier alpha value is -10.6. The molecule has 0 saturated carbocycles. The number of hydrogen-bond donors (Lipinski definition) is 5. The van der Waals surface area contributed by atoms with Gasteiger partial charge in [-0.2, -0.15) is 0 Å². The van der Waals surface area contributed by atoms with Crippen LogP contribution in [0.2, 0.25) is 0 Å². The van der Waals surface area contributed by atoms with Gasteiger partial charge in [-0.25, -0.2) is 15.0 Å². The first kappa shape index (κ1) is 71.2. The van der Waals surface area contributed by atoms with Crippen LogP contribution in [0.4, 0.5) is 0 Å². The van der Waals surface area contributed by atoms with E-state index in [4.69, 9.17) is 43.0 Å². The van der Waals surface area contributed by atoms with Crippen molar-refractivity contribution in [1.29, 1.82) is 0 Å². The van der Waals surface area contributed by atoms with Gasteiger partial charge in [-0.1, -0.05) is 201 Å². The van der Waals surface area contributed by atoms with Gasteiger partial charge in [0.2, 0.25) is 0 Å². The summed E-state index contributed by atoms with van der Waals surface area (Å²) in [5, 5.41) is 54.7. The molecule has 102 heavy (non-hydrogen) atoms. The standard InChI is InChI=1S/C24H18N2.C23H16N2O.C13H9BrN2.C10H9BO3.C10H7BrO.C4H8O.CH2Cl2/c1-17-5-6-22-15-21(12-11-20(22)14-17)18-7-9-19(10-8-18)23-16-26-13-3-2-4-24(26)25-23;26-21-11-10-19-13-18(8-9-20(19)14-21)16-4-6-17(7-5-16)22-15-25-12-2-1-3-23(25)24-22;14-11-6-4-10(5-7-11)12-9-16-8-2-1-3-13(16)15-12;12-10-4-2-7-5-9(11(13)14)3-1-8(7)6-10;11-9-3-1-8-6-10(12)4-2-7(8)5-9;1-2-4-5-3-1;2-1-3/h2-16H,1H3;1-15,26H;1-9H;1-6,12-14H;1-6,12H;1-4H2;1H2. The van der Waals surface area contributed by atoms with E-state index in [2.05, 4.69) is 169 Å². The molecule has 18 rings (SSSR count). The number of aromatic nitrogens is 6. The van der Waals surface area contributed by atoms with Crippen LogP contribution in [-0.2, 0) is 4.74 Å². The highest BCUT2D eigenvalue weighted by Crippen LogP contribution is 2.32. The van der Waals surface area contributed by atoms with E-state index in [1.54, 1.807) is 60.7 Å². The second kappa shape index (κ2) is 34.2. The molecule has 11 aromatic carbocycles. The number of aryl methyl sites for hydroxylation is 1. The van der Waals surface area contributed by atoms with Crippen molar-refractivity contribution < 1.29 is 30.1 Å². The Kier molecular flexibility index (Phi) is 23.9. The third-order valence-corrected chi connectivity index (χ3v) is 17.9. The molecule has 12 nitrogen and oxygen atoms in total. The molecule has 7 heterocycles. The normalized spacial score (nSPS) is 11.4. The van der Waals surface area contributed by atoms with E-state index in [0.717, 1.165) is 116 Å². The molecule has 0 bridgehead atoms. The number of rotatable bonds is 6. The van der Waals surface area contributed by atoms with E-state index in [1.165, 1.54) is 40.3 Å². The molecular weight excluding hydrogens is 1440 g/mol. The molecule has 1 aliphatic rings. The van der Waals surface area contributed by atoms with Crippen LogP contribution in [0.5, 0.6) is 17.2 Å². The van der Waals surface area contributed by atoms with E-state index in [9.17, 15) is 15.3 Å². The van der Waals surface area contributed by atoms with Crippen molar-refractivity contribution in [2.24, 2.45) is 0 Å². The van der Waals surface area contributed by atoms with Crippen molar-refractivity contribution in [3.8, 4) is 73.3 Å². The zero-order valence-electron chi connectivity index (χ0n) is 55.4. The molecule has 0 atom stereocenters. The summed E-state index contributed by atoms with van der Waals surface area (Å²) in [6.07, 6.45) is 14.8. The first-order chi connectivity index (χ1) is 49.7. The van der Waals surface area contributed by atoms with Gasteiger partial charge in [-0.3, -0.25) is 0 Å². The van der Waals surface area contributed by atoms with Gasteiger partial charge in [0, 0.05) is 76.0 Å². The van der Waals surface area contributed by atoms with Crippen LogP contribution < -0.4 is 5.46 Å². The van der Waals surface area contributed by atoms with Crippen LogP contribution in [0, 0.1) is 6.92 Å². The van der Waals surface area contributed by atoms with Gasteiger partial charge in [-0.15, -0.1) is 23.2 Å². The molecule has 6 aromatic heterocycles. The Bertz CT molecular complexity index is 5310. The number of imidazole rings is 3. The Labute approximate surface area is 617 Å². The summed E-state index contributed by atoms with van der Waals surface area (Å²) in [5.74, 6) is 0.807. The predicted molar refractivity (Wildman–Crippen MR) is 427 cm³/mol. The maximum atomic E-state index is 9.60. The topological polar surface area (TPSA) is 162 Å². The number of hydrogen-bond acceptors (Lipinski definition) is 9. The molecule has 0 aliphatic carbocycles. The molecule has 0 radical (unpaired) electrons. The fourth-order valence-corrected chi connectivity index (χ4v) is 12.2. The smallest absolute Gasteiger partial charge is 0.488 e. The first-order valence-electron chi connectivity index (χ1n) is 32.9. The number of nitrogens with zero attached hydrogens (tertiary/aromatic N) is 6. The maximum Gasteiger partial charge on any atom is 0.488 e. The highest BCUT2D eigenvalue weighted by atomic mass is 79.9. The number of benzene rings is 11. The van der Waals surface area contributed by atoms with E-state index in [1.807, 2.05) is 143 Å². The molecule has 1 fully saturated rings. The largest absolute Gasteiger partial charge is 0.508 e. The molecule has 0 spiro atoms. The van der Waals surface area contributed by atoms with Gasteiger partial charge in [0.25, 0.3) is 0 Å². The van der Waals surface area contributed by atoms with Crippen molar-refractivity contribution in [3.05, 3.63) is 325 Å². The number of aromatic hydroxyl groups is 3. The van der Waals surface area contributed by atoms with Crippen LogP contribution in [-0.4, -0.2) is 79.2 Å². The lowest BCUT2D eigenvalue weighted by Gasteiger charge is -2.06. The minimum absolute atomic E-state index is 0.194. The summed E-state index contributed by atoms with van der Waals surface area (Å²) >= 11 is 16.3.